The molecule has 0 amide bonds. The van der Waals surface area contributed by atoms with E-state index in [1.165, 1.54) is 16.8 Å². The zero-order valence-electron chi connectivity index (χ0n) is 16.9. The second-order valence-corrected chi connectivity index (χ2v) is 8.02. The molecule has 0 aliphatic carbocycles. The third-order valence-electron chi connectivity index (χ3n) is 5.99. The van der Waals surface area contributed by atoms with Gasteiger partial charge in [-0.2, -0.15) is 5.10 Å². The van der Waals surface area contributed by atoms with E-state index in [0.717, 1.165) is 49.5 Å². The third kappa shape index (κ3) is 3.66. The van der Waals surface area contributed by atoms with Gasteiger partial charge in [-0.15, -0.1) is 9.89 Å². The summed E-state index contributed by atoms with van der Waals surface area (Å²) in [4.78, 5) is 20.0. The molecule has 8 nitrogen and oxygen atoms in total. The maximum atomic E-state index is 12.2. The highest BCUT2D eigenvalue weighted by atomic mass is 16.5. The molecule has 0 N–H and O–H groups in total. The summed E-state index contributed by atoms with van der Waals surface area (Å²) in [6.07, 6.45) is 5.93. The maximum absolute atomic E-state index is 12.2. The molecule has 1 aromatic carbocycles. The van der Waals surface area contributed by atoms with Crippen molar-refractivity contribution in [2.75, 3.05) is 20.2 Å². The minimum Gasteiger partial charge on any atom is -0.496 e. The largest absolute Gasteiger partial charge is 0.496 e. The number of fused-ring (bicyclic) bond motifs is 4. The Morgan fingerprint density at radius 3 is 3.00 bits per heavy atom. The average Bonchev–Trinajstić information content (AvgIpc) is 3.27. The normalized spacial score (nSPS) is 21.0. The van der Waals surface area contributed by atoms with Gasteiger partial charge in [0.25, 0.3) is 5.56 Å². The van der Waals surface area contributed by atoms with Crippen LogP contribution in [0.25, 0.3) is 0 Å². The first kappa shape index (κ1) is 18.7. The fraction of sp³-hybridized carbons (Fsp3) is 0.364. The summed E-state index contributed by atoms with van der Waals surface area (Å²) in [5.41, 5.74) is 3.40. The Kier molecular flexibility index (Phi) is 4.92. The lowest BCUT2D eigenvalue weighted by Crippen LogP contribution is -2.46. The molecule has 2 aliphatic rings. The molecule has 4 heterocycles. The monoisotopic (exact) mass is 404 g/mol. The number of nitrogens with zero attached hydrogens (tertiary/aromatic N) is 6. The van der Waals surface area contributed by atoms with Gasteiger partial charge < -0.3 is 9.30 Å². The molecular weight excluding hydrogens is 380 g/mol. The Balaban J connectivity index is 1.37. The predicted molar refractivity (Wildman–Crippen MR) is 113 cm³/mol. The lowest BCUT2D eigenvalue weighted by molar-refractivity contribution is 0.113. The van der Waals surface area contributed by atoms with Gasteiger partial charge in [0.2, 0.25) is 0 Å². The predicted octanol–water partition coefficient (Wildman–Crippen LogP) is 1.95. The van der Waals surface area contributed by atoms with Crippen LogP contribution in [-0.4, -0.2) is 50.8 Å². The first-order chi connectivity index (χ1) is 14.7. The molecule has 1 saturated heterocycles. The molecule has 2 bridgehead atoms. The van der Waals surface area contributed by atoms with Crippen molar-refractivity contribution >= 4 is 6.21 Å². The van der Waals surface area contributed by atoms with Crippen LogP contribution in [0.15, 0.2) is 58.9 Å². The zero-order valence-corrected chi connectivity index (χ0v) is 16.9. The van der Waals surface area contributed by atoms with Gasteiger partial charge in [-0.05, 0) is 42.2 Å². The standard InChI is InChI=1S/C22H24N6O2/c1-30-21-6-5-16(9-24-28-15-23-14-25-28)7-19(21)13-26-10-17-8-18(12-26)20-3-2-4-22(29)27(20)11-17/h2-7,9,14-15,17-18H,8,10-13H2,1H3/b24-9+/t17-,18?/m0/s1. The molecule has 2 atom stereocenters. The molecule has 154 valence electrons. The number of methoxy groups -OCH3 is 1. The summed E-state index contributed by atoms with van der Waals surface area (Å²) >= 11 is 0. The van der Waals surface area contributed by atoms with Crippen molar-refractivity contribution in [2.45, 2.75) is 25.4 Å². The van der Waals surface area contributed by atoms with Crippen LogP contribution in [-0.2, 0) is 13.1 Å². The Labute approximate surface area is 174 Å². The van der Waals surface area contributed by atoms with E-state index in [2.05, 4.69) is 32.2 Å². The molecule has 8 heteroatoms. The molecule has 2 aliphatic heterocycles. The highest BCUT2D eigenvalue weighted by Crippen LogP contribution is 2.36. The molecule has 0 spiro atoms. The second-order valence-electron chi connectivity index (χ2n) is 8.02. The van der Waals surface area contributed by atoms with E-state index < -0.39 is 0 Å². The molecule has 2 aromatic heterocycles. The van der Waals surface area contributed by atoms with Crippen molar-refractivity contribution < 1.29 is 4.74 Å². The molecule has 30 heavy (non-hydrogen) atoms. The molecule has 0 saturated carbocycles. The quantitative estimate of drug-likeness (QED) is 0.608. The van der Waals surface area contributed by atoms with Crippen LogP contribution in [0.5, 0.6) is 5.75 Å². The van der Waals surface area contributed by atoms with Gasteiger partial charge in [-0.1, -0.05) is 6.07 Å². The summed E-state index contributed by atoms with van der Waals surface area (Å²) in [5, 5.41) is 8.28. The molecule has 1 unspecified atom stereocenters. The highest BCUT2D eigenvalue weighted by Gasteiger charge is 2.34. The fourth-order valence-electron chi connectivity index (χ4n) is 4.76. The molecule has 1 fully saturated rings. The number of hydrogen-bond acceptors (Lipinski definition) is 6. The van der Waals surface area contributed by atoms with Gasteiger partial charge in [-0.3, -0.25) is 9.69 Å². The number of piperidine rings is 1. The van der Waals surface area contributed by atoms with Gasteiger partial charge in [0.05, 0.1) is 13.3 Å². The van der Waals surface area contributed by atoms with Gasteiger partial charge in [0, 0.05) is 49.4 Å². The van der Waals surface area contributed by atoms with Gasteiger partial charge in [0.15, 0.2) is 0 Å². The van der Waals surface area contributed by atoms with Crippen molar-refractivity contribution in [3.8, 4) is 5.75 Å². The first-order valence-corrected chi connectivity index (χ1v) is 10.2. The topological polar surface area (TPSA) is 77.5 Å². The van der Waals surface area contributed by atoms with E-state index in [1.54, 1.807) is 25.7 Å². The average molecular weight is 404 g/mol. The van der Waals surface area contributed by atoms with Crippen LogP contribution in [0, 0.1) is 5.92 Å². The Bertz CT molecular complexity index is 1120. The van der Waals surface area contributed by atoms with E-state index in [0.29, 0.717) is 11.8 Å². The van der Waals surface area contributed by atoms with Crippen molar-refractivity contribution in [2.24, 2.45) is 11.0 Å². The van der Waals surface area contributed by atoms with Crippen LogP contribution in [0.3, 0.4) is 0 Å². The molecule has 0 radical (unpaired) electrons. The second kappa shape index (κ2) is 7.87. The van der Waals surface area contributed by atoms with E-state index in [1.807, 2.05) is 22.8 Å². The SMILES string of the molecule is COc1ccc(/C=N/n2cncn2)cc1CN1CC2C[C@@H](C1)Cn1c2cccc1=O. The first-order valence-electron chi connectivity index (χ1n) is 10.2. The number of pyridine rings is 1. The number of ether oxygens (including phenoxy) is 1. The van der Waals surface area contributed by atoms with Crippen LogP contribution < -0.4 is 10.3 Å². The Morgan fingerprint density at radius 1 is 1.23 bits per heavy atom. The molecule has 3 aromatic rings. The third-order valence-corrected chi connectivity index (χ3v) is 5.99. The van der Waals surface area contributed by atoms with Crippen molar-refractivity contribution in [3.63, 3.8) is 0 Å². The number of aromatic nitrogens is 4. The lowest BCUT2D eigenvalue weighted by atomic mass is 9.83. The van der Waals surface area contributed by atoms with E-state index >= 15 is 0 Å². The van der Waals surface area contributed by atoms with Gasteiger partial charge >= 0.3 is 0 Å². The van der Waals surface area contributed by atoms with E-state index in [9.17, 15) is 4.79 Å². The lowest BCUT2D eigenvalue weighted by Gasteiger charge is -2.42. The van der Waals surface area contributed by atoms with Crippen molar-refractivity contribution in [3.05, 3.63) is 76.2 Å². The van der Waals surface area contributed by atoms with Crippen LogP contribution in [0.2, 0.25) is 0 Å². The van der Waals surface area contributed by atoms with Gasteiger partial charge in [0.1, 0.15) is 18.4 Å². The number of likely N-dealkylation sites (tertiary alicyclic amines) is 1. The van der Waals surface area contributed by atoms with Crippen molar-refractivity contribution in [1.82, 2.24) is 24.3 Å². The van der Waals surface area contributed by atoms with E-state index in [4.69, 9.17) is 4.74 Å². The van der Waals surface area contributed by atoms with Crippen LogP contribution in [0.1, 0.15) is 29.2 Å². The number of benzene rings is 1. The zero-order chi connectivity index (χ0) is 20.5. The molecular formula is C22H24N6O2. The minimum absolute atomic E-state index is 0.122. The summed E-state index contributed by atoms with van der Waals surface area (Å²) in [6, 6.07) is 11.7. The summed E-state index contributed by atoms with van der Waals surface area (Å²) in [6.45, 7) is 3.54. The van der Waals surface area contributed by atoms with Crippen LogP contribution >= 0.6 is 0 Å². The van der Waals surface area contributed by atoms with Gasteiger partial charge in [-0.25, -0.2) is 4.98 Å². The maximum Gasteiger partial charge on any atom is 0.250 e. The van der Waals surface area contributed by atoms with Crippen LogP contribution in [0.4, 0.5) is 0 Å². The number of hydrogen-bond donors (Lipinski definition) is 0. The Morgan fingerprint density at radius 2 is 2.17 bits per heavy atom. The van der Waals surface area contributed by atoms with Crippen molar-refractivity contribution in [1.29, 1.82) is 0 Å². The molecule has 5 rings (SSSR count). The van der Waals surface area contributed by atoms with E-state index in [-0.39, 0.29) is 5.56 Å². The fourth-order valence-corrected chi connectivity index (χ4v) is 4.76. The minimum atomic E-state index is 0.122. The highest BCUT2D eigenvalue weighted by molar-refractivity contribution is 5.80. The number of rotatable bonds is 5. The summed E-state index contributed by atoms with van der Waals surface area (Å²) in [5.74, 6) is 1.77. The summed E-state index contributed by atoms with van der Waals surface area (Å²) in [7, 11) is 1.70. The summed E-state index contributed by atoms with van der Waals surface area (Å²) < 4.78 is 7.58. The smallest absolute Gasteiger partial charge is 0.250 e. The Hall–Kier alpha value is -3.26.